The number of amides is 2. The number of nitrogens with zero attached hydrogens (tertiary/aromatic N) is 2. The minimum Gasteiger partial charge on any atom is -0.326 e. The number of carbonyl (C=O) groups excluding carboxylic acids is 2. The highest BCUT2D eigenvalue weighted by molar-refractivity contribution is 7.89. The second kappa shape index (κ2) is 9.40. The summed E-state index contributed by atoms with van der Waals surface area (Å²) in [5.41, 5.74) is 0.846. The van der Waals surface area contributed by atoms with E-state index in [9.17, 15) is 18.0 Å². The summed E-state index contributed by atoms with van der Waals surface area (Å²) in [5, 5.41) is 5.57. The molecule has 0 saturated carbocycles. The molecule has 1 fully saturated rings. The molecule has 3 rings (SSSR count). The summed E-state index contributed by atoms with van der Waals surface area (Å²) in [5.74, 6) is -0.501. The van der Waals surface area contributed by atoms with Gasteiger partial charge >= 0.3 is 0 Å². The van der Waals surface area contributed by atoms with Gasteiger partial charge in [0.2, 0.25) is 15.9 Å². The Hall–Kier alpha value is -2.75. The first kappa shape index (κ1) is 23.9. The molecule has 1 heterocycles. The molecule has 1 aliphatic heterocycles. The molecule has 32 heavy (non-hydrogen) atoms. The van der Waals surface area contributed by atoms with Crippen LogP contribution in [0.5, 0.6) is 0 Å². The van der Waals surface area contributed by atoms with E-state index in [2.05, 4.69) is 15.5 Å². The number of carbonyl (C=O) groups is 2. The van der Waals surface area contributed by atoms with Crippen molar-refractivity contribution in [3.05, 3.63) is 54.1 Å². The first-order valence-corrected chi connectivity index (χ1v) is 11.9. The molecular weight excluding hydrogens is 428 g/mol. The van der Waals surface area contributed by atoms with Crippen molar-refractivity contribution in [3.8, 4) is 0 Å². The lowest BCUT2D eigenvalue weighted by Crippen LogP contribution is -2.46. The molecule has 1 saturated heterocycles. The van der Waals surface area contributed by atoms with Gasteiger partial charge in [-0.3, -0.25) is 9.59 Å². The van der Waals surface area contributed by atoms with Crippen molar-refractivity contribution in [1.29, 1.82) is 0 Å². The van der Waals surface area contributed by atoms with Crippen LogP contribution in [0.25, 0.3) is 0 Å². The minimum absolute atomic E-state index is 0.146. The van der Waals surface area contributed by atoms with Crippen molar-refractivity contribution in [3.63, 3.8) is 0 Å². The maximum Gasteiger partial charge on any atom is 0.255 e. The smallest absolute Gasteiger partial charge is 0.255 e. The third-order valence-corrected chi connectivity index (χ3v) is 7.19. The molecule has 0 spiro atoms. The van der Waals surface area contributed by atoms with Gasteiger partial charge in [0.15, 0.2) is 0 Å². The topological polar surface area (TPSA) is 98.8 Å². The van der Waals surface area contributed by atoms with E-state index in [1.54, 1.807) is 36.4 Å². The van der Waals surface area contributed by atoms with Gasteiger partial charge in [0, 0.05) is 48.5 Å². The molecule has 2 N–H and O–H groups in total. The zero-order valence-electron chi connectivity index (χ0n) is 18.9. The number of sulfonamides is 1. The van der Waals surface area contributed by atoms with Gasteiger partial charge in [-0.2, -0.15) is 4.31 Å². The Kier molecular flexibility index (Phi) is 7.02. The second-order valence-corrected chi connectivity index (χ2v) is 10.9. The van der Waals surface area contributed by atoms with Crippen LogP contribution in [0.15, 0.2) is 53.4 Å². The second-order valence-electron chi connectivity index (χ2n) is 8.97. The predicted molar refractivity (Wildman–Crippen MR) is 125 cm³/mol. The summed E-state index contributed by atoms with van der Waals surface area (Å²) >= 11 is 0. The fourth-order valence-corrected chi connectivity index (χ4v) is 4.57. The lowest BCUT2D eigenvalue weighted by atomic mass is 9.95. The van der Waals surface area contributed by atoms with Crippen LogP contribution in [0.1, 0.15) is 31.1 Å². The van der Waals surface area contributed by atoms with Crippen LogP contribution in [0.3, 0.4) is 0 Å². The molecule has 0 atom stereocenters. The quantitative estimate of drug-likeness (QED) is 0.718. The van der Waals surface area contributed by atoms with E-state index in [1.165, 1.54) is 16.4 Å². The van der Waals surface area contributed by atoms with E-state index >= 15 is 0 Å². The van der Waals surface area contributed by atoms with E-state index in [-0.39, 0.29) is 16.7 Å². The number of benzene rings is 2. The lowest BCUT2D eigenvalue weighted by Gasteiger charge is -2.31. The summed E-state index contributed by atoms with van der Waals surface area (Å²) in [6.07, 6.45) is 0. The van der Waals surface area contributed by atoms with Crippen LogP contribution >= 0.6 is 0 Å². The molecule has 0 aromatic heterocycles. The van der Waals surface area contributed by atoms with Crippen LogP contribution in [-0.4, -0.2) is 62.7 Å². The van der Waals surface area contributed by atoms with Crippen LogP contribution in [-0.2, 0) is 14.8 Å². The molecule has 8 nitrogen and oxygen atoms in total. The van der Waals surface area contributed by atoms with Gasteiger partial charge in [-0.25, -0.2) is 8.42 Å². The lowest BCUT2D eigenvalue weighted by molar-refractivity contribution is -0.123. The number of piperazine rings is 1. The summed E-state index contributed by atoms with van der Waals surface area (Å²) in [4.78, 5) is 27.1. The summed E-state index contributed by atoms with van der Waals surface area (Å²) in [6.45, 7) is 7.75. The fraction of sp³-hybridized carbons (Fsp3) is 0.391. The van der Waals surface area contributed by atoms with E-state index < -0.39 is 15.4 Å². The Balaban J connectivity index is 1.67. The van der Waals surface area contributed by atoms with Crippen molar-refractivity contribution in [2.45, 2.75) is 25.7 Å². The number of rotatable bonds is 5. The van der Waals surface area contributed by atoms with Gasteiger partial charge in [-0.05, 0) is 49.5 Å². The molecule has 0 radical (unpaired) electrons. The van der Waals surface area contributed by atoms with Crippen molar-refractivity contribution in [1.82, 2.24) is 9.21 Å². The average Bonchev–Trinajstić information content (AvgIpc) is 2.74. The average molecular weight is 459 g/mol. The number of anilines is 2. The molecule has 2 amide bonds. The molecular formula is C23H30N4O4S. The molecule has 9 heteroatoms. The Bertz CT molecular complexity index is 1080. The molecule has 0 aliphatic carbocycles. The Morgan fingerprint density at radius 1 is 0.875 bits per heavy atom. The highest BCUT2D eigenvalue weighted by Gasteiger charge is 2.27. The van der Waals surface area contributed by atoms with E-state index in [1.807, 2.05) is 27.8 Å². The predicted octanol–water partition coefficient (Wildman–Crippen LogP) is 2.86. The van der Waals surface area contributed by atoms with Crippen LogP contribution in [0.4, 0.5) is 11.4 Å². The summed E-state index contributed by atoms with van der Waals surface area (Å²) in [6, 6.07) is 12.8. The summed E-state index contributed by atoms with van der Waals surface area (Å²) in [7, 11) is -1.59. The Morgan fingerprint density at radius 2 is 1.50 bits per heavy atom. The molecule has 2 aromatic carbocycles. The first-order valence-electron chi connectivity index (χ1n) is 10.5. The van der Waals surface area contributed by atoms with Gasteiger partial charge in [0.25, 0.3) is 5.91 Å². The fourth-order valence-electron chi connectivity index (χ4n) is 3.15. The normalized spacial score (nSPS) is 15.9. The van der Waals surface area contributed by atoms with Gasteiger partial charge in [0.05, 0.1) is 4.90 Å². The Morgan fingerprint density at radius 3 is 2.09 bits per heavy atom. The van der Waals surface area contributed by atoms with Crippen LogP contribution < -0.4 is 10.6 Å². The third-order valence-electron chi connectivity index (χ3n) is 5.28. The zero-order valence-corrected chi connectivity index (χ0v) is 19.7. The van der Waals surface area contributed by atoms with Crippen LogP contribution in [0.2, 0.25) is 0 Å². The largest absolute Gasteiger partial charge is 0.326 e. The molecule has 1 aliphatic rings. The van der Waals surface area contributed by atoms with E-state index in [0.29, 0.717) is 43.1 Å². The van der Waals surface area contributed by atoms with Gasteiger partial charge in [-0.15, -0.1) is 0 Å². The molecule has 0 unspecified atom stereocenters. The molecule has 0 bridgehead atoms. The van der Waals surface area contributed by atoms with Gasteiger partial charge in [-0.1, -0.05) is 26.8 Å². The number of likely N-dealkylation sites (N-methyl/N-ethyl adjacent to an activating group) is 1. The highest BCUT2D eigenvalue weighted by Crippen LogP contribution is 2.21. The monoisotopic (exact) mass is 458 g/mol. The summed E-state index contributed by atoms with van der Waals surface area (Å²) < 4.78 is 27.1. The van der Waals surface area contributed by atoms with E-state index in [0.717, 1.165) is 0 Å². The highest BCUT2D eigenvalue weighted by atomic mass is 32.2. The standard InChI is InChI=1S/C23H30N4O4S/c1-23(2,3)22(29)25-19-7-5-6-17(16-19)21(28)24-18-8-10-20(11-9-18)32(30,31)27-14-12-26(4)13-15-27/h5-11,16H,12-15H2,1-4H3,(H,24,28)(H,25,29). The number of nitrogens with one attached hydrogen (secondary N) is 2. The maximum absolute atomic E-state index is 12.8. The number of hydrogen-bond acceptors (Lipinski definition) is 5. The SMILES string of the molecule is CN1CCN(S(=O)(=O)c2ccc(NC(=O)c3cccc(NC(=O)C(C)(C)C)c3)cc2)CC1. The van der Waals surface area contributed by atoms with Gasteiger partial charge < -0.3 is 15.5 Å². The van der Waals surface area contributed by atoms with Crippen molar-refractivity contribution in [2.75, 3.05) is 43.9 Å². The molecule has 2 aromatic rings. The van der Waals surface area contributed by atoms with Crippen molar-refractivity contribution in [2.24, 2.45) is 5.41 Å². The molecule has 172 valence electrons. The van der Waals surface area contributed by atoms with Crippen molar-refractivity contribution >= 4 is 33.2 Å². The van der Waals surface area contributed by atoms with Crippen molar-refractivity contribution < 1.29 is 18.0 Å². The third kappa shape index (κ3) is 5.73. The van der Waals surface area contributed by atoms with E-state index in [4.69, 9.17) is 0 Å². The maximum atomic E-state index is 12.8. The number of hydrogen-bond donors (Lipinski definition) is 2. The van der Waals surface area contributed by atoms with Crippen LogP contribution in [0, 0.1) is 5.41 Å². The zero-order chi connectivity index (χ0) is 23.5. The van der Waals surface area contributed by atoms with Gasteiger partial charge in [0.1, 0.15) is 0 Å². The minimum atomic E-state index is -3.56. The Labute approximate surface area is 189 Å². The first-order chi connectivity index (χ1) is 15.0.